The van der Waals surface area contributed by atoms with Gasteiger partial charge in [0.2, 0.25) is 0 Å². The molecule has 3 nitrogen and oxygen atoms in total. The van der Waals surface area contributed by atoms with Crippen LogP contribution in [0.2, 0.25) is 0 Å². The quantitative estimate of drug-likeness (QED) is 0.818. The average Bonchev–Trinajstić information content (AvgIpc) is 2.83. The zero-order chi connectivity index (χ0) is 13.8. The van der Waals surface area contributed by atoms with Gasteiger partial charge in [-0.1, -0.05) is 37.3 Å². The number of nitrogens with zero attached hydrogens (tertiary/aromatic N) is 2. The van der Waals surface area contributed by atoms with E-state index in [2.05, 4.69) is 31.2 Å². The van der Waals surface area contributed by atoms with E-state index in [4.69, 9.17) is 0 Å². The Morgan fingerprint density at radius 3 is 2.42 bits per heavy atom. The maximum Gasteiger partial charge on any atom is 0.320 e. The van der Waals surface area contributed by atoms with Crippen molar-refractivity contribution in [1.29, 1.82) is 0 Å². The van der Waals surface area contributed by atoms with Gasteiger partial charge in [-0.15, -0.1) is 0 Å². The van der Waals surface area contributed by atoms with E-state index in [0.717, 1.165) is 26.2 Å². The van der Waals surface area contributed by atoms with Gasteiger partial charge in [0.15, 0.2) is 0 Å². The van der Waals surface area contributed by atoms with Crippen molar-refractivity contribution < 1.29 is 4.79 Å². The molecule has 1 aromatic rings. The van der Waals surface area contributed by atoms with Gasteiger partial charge in [0.25, 0.3) is 0 Å². The number of amides is 2. The average molecular weight is 260 g/mol. The summed E-state index contributed by atoms with van der Waals surface area (Å²) in [7, 11) is 0. The molecule has 2 rings (SSSR count). The second kappa shape index (κ2) is 6.09. The van der Waals surface area contributed by atoms with Crippen LogP contribution < -0.4 is 0 Å². The van der Waals surface area contributed by atoms with Gasteiger partial charge in [-0.25, -0.2) is 4.79 Å². The van der Waals surface area contributed by atoms with Crippen molar-refractivity contribution in [3.8, 4) is 0 Å². The Bertz CT molecular complexity index is 414. The molecule has 2 atom stereocenters. The number of urea groups is 1. The van der Waals surface area contributed by atoms with Crippen LogP contribution in [-0.2, 0) is 0 Å². The Morgan fingerprint density at radius 1 is 1.21 bits per heavy atom. The first-order valence-corrected chi connectivity index (χ1v) is 7.26. The largest absolute Gasteiger partial charge is 0.325 e. The molecule has 2 amide bonds. The molecular weight excluding hydrogens is 236 g/mol. The minimum atomic E-state index is 0.190. The van der Waals surface area contributed by atoms with Crippen LogP contribution in [0, 0.1) is 5.92 Å². The minimum absolute atomic E-state index is 0.190. The van der Waals surface area contributed by atoms with Crippen LogP contribution >= 0.6 is 0 Å². The zero-order valence-corrected chi connectivity index (χ0v) is 12.2. The fraction of sp³-hybridized carbons (Fsp3) is 0.562. The fourth-order valence-electron chi connectivity index (χ4n) is 2.95. The van der Waals surface area contributed by atoms with E-state index in [-0.39, 0.29) is 6.03 Å². The Morgan fingerprint density at radius 2 is 1.84 bits per heavy atom. The van der Waals surface area contributed by atoms with Gasteiger partial charge in [0.1, 0.15) is 0 Å². The number of carbonyl (C=O) groups is 1. The highest BCUT2D eigenvalue weighted by Gasteiger charge is 2.34. The summed E-state index contributed by atoms with van der Waals surface area (Å²) in [6, 6.07) is 10.7. The third kappa shape index (κ3) is 2.91. The van der Waals surface area contributed by atoms with Crippen LogP contribution in [0.15, 0.2) is 30.3 Å². The molecule has 0 spiro atoms. The lowest BCUT2D eigenvalue weighted by Gasteiger charge is -2.26. The lowest BCUT2D eigenvalue weighted by atomic mass is 9.90. The summed E-state index contributed by atoms with van der Waals surface area (Å²) >= 11 is 0. The molecule has 2 unspecified atom stereocenters. The van der Waals surface area contributed by atoms with Crippen LogP contribution in [0.5, 0.6) is 0 Å². The Hall–Kier alpha value is -1.51. The number of carbonyl (C=O) groups excluding carboxylic acids is 1. The van der Waals surface area contributed by atoms with E-state index in [1.54, 1.807) is 0 Å². The summed E-state index contributed by atoms with van der Waals surface area (Å²) in [4.78, 5) is 16.3. The van der Waals surface area contributed by atoms with Gasteiger partial charge in [0, 0.05) is 32.1 Å². The summed E-state index contributed by atoms with van der Waals surface area (Å²) in [6.07, 6.45) is 0. The van der Waals surface area contributed by atoms with Crippen molar-refractivity contribution in [1.82, 2.24) is 9.80 Å². The summed E-state index contributed by atoms with van der Waals surface area (Å²) in [5.41, 5.74) is 1.35. The molecule has 0 bridgehead atoms. The summed E-state index contributed by atoms with van der Waals surface area (Å²) in [5, 5.41) is 0. The number of rotatable bonds is 3. The van der Waals surface area contributed by atoms with Crippen LogP contribution in [-0.4, -0.2) is 42.0 Å². The van der Waals surface area contributed by atoms with Crippen molar-refractivity contribution in [2.75, 3.05) is 26.2 Å². The standard InChI is InChI=1S/C16H24N2O/c1-4-17(5-2)16(19)18-11-13(3)15(12-18)14-9-7-6-8-10-14/h6-10,13,15H,4-5,11-12H2,1-3H3. The minimum Gasteiger partial charge on any atom is -0.325 e. The molecule has 0 saturated carbocycles. The molecule has 1 aliphatic heterocycles. The molecule has 0 N–H and O–H groups in total. The maximum atomic E-state index is 12.4. The van der Waals surface area contributed by atoms with Gasteiger partial charge in [-0.2, -0.15) is 0 Å². The van der Waals surface area contributed by atoms with Crippen molar-refractivity contribution >= 4 is 6.03 Å². The van der Waals surface area contributed by atoms with E-state index in [1.807, 2.05) is 29.7 Å². The summed E-state index contributed by atoms with van der Waals surface area (Å²) in [6.45, 7) is 9.61. The normalized spacial score (nSPS) is 22.6. The molecule has 104 valence electrons. The molecule has 0 radical (unpaired) electrons. The highest BCUT2D eigenvalue weighted by atomic mass is 16.2. The summed E-state index contributed by atoms with van der Waals surface area (Å²) < 4.78 is 0. The van der Waals surface area contributed by atoms with Gasteiger partial charge >= 0.3 is 6.03 Å². The third-order valence-electron chi connectivity index (χ3n) is 4.14. The molecule has 0 aromatic heterocycles. The van der Waals surface area contributed by atoms with Crippen LogP contribution in [0.25, 0.3) is 0 Å². The molecule has 1 fully saturated rings. The van der Waals surface area contributed by atoms with Gasteiger partial charge in [-0.3, -0.25) is 0 Å². The van der Waals surface area contributed by atoms with E-state index < -0.39 is 0 Å². The Labute approximate surface area is 116 Å². The Balaban J connectivity index is 2.07. The lowest BCUT2D eigenvalue weighted by Crippen LogP contribution is -2.42. The van der Waals surface area contributed by atoms with Gasteiger partial charge in [-0.05, 0) is 25.3 Å². The van der Waals surface area contributed by atoms with E-state index >= 15 is 0 Å². The van der Waals surface area contributed by atoms with Crippen LogP contribution in [0.3, 0.4) is 0 Å². The van der Waals surface area contributed by atoms with E-state index in [1.165, 1.54) is 5.56 Å². The maximum absolute atomic E-state index is 12.4. The monoisotopic (exact) mass is 260 g/mol. The van der Waals surface area contributed by atoms with Crippen LogP contribution in [0.4, 0.5) is 4.79 Å². The topological polar surface area (TPSA) is 23.6 Å². The number of hydrogen-bond acceptors (Lipinski definition) is 1. The second-order valence-electron chi connectivity index (χ2n) is 5.35. The van der Waals surface area contributed by atoms with Crippen molar-refractivity contribution in [3.63, 3.8) is 0 Å². The van der Waals surface area contributed by atoms with Crippen molar-refractivity contribution in [2.24, 2.45) is 5.92 Å². The van der Waals surface area contributed by atoms with Gasteiger partial charge < -0.3 is 9.80 Å². The SMILES string of the molecule is CCN(CC)C(=O)N1CC(C)C(c2ccccc2)C1. The molecule has 19 heavy (non-hydrogen) atoms. The molecule has 0 aliphatic carbocycles. The highest BCUT2D eigenvalue weighted by Crippen LogP contribution is 2.32. The van der Waals surface area contributed by atoms with Crippen molar-refractivity contribution in [3.05, 3.63) is 35.9 Å². The predicted molar refractivity (Wildman–Crippen MR) is 78.2 cm³/mol. The molecule has 1 aromatic carbocycles. The number of hydrogen-bond donors (Lipinski definition) is 0. The molecule has 1 heterocycles. The van der Waals surface area contributed by atoms with E-state index in [9.17, 15) is 4.79 Å². The van der Waals surface area contributed by atoms with E-state index in [0.29, 0.717) is 11.8 Å². The first kappa shape index (κ1) is 13.9. The van der Waals surface area contributed by atoms with Crippen molar-refractivity contribution in [2.45, 2.75) is 26.7 Å². The molecule has 3 heteroatoms. The molecule has 1 aliphatic rings. The molecular formula is C16H24N2O. The number of benzene rings is 1. The van der Waals surface area contributed by atoms with Crippen LogP contribution in [0.1, 0.15) is 32.3 Å². The fourth-order valence-corrected chi connectivity index (χ4v) is 2.95. The zero-order valence-electron chi connectivity index (χ0n) is 12.2. The predicted octanol–water partition coefficient (Wildman–Crippen LogP) is 3.18. The lowest BCUT2D eigenvalue weighted by molar-refractivity contribution is 0.166. The smallest absolute Gasteiger partial charge is 0.320 e. The second-order valence-corrected chi connectivity index (χ2v) is 5.35. The van der Waals surface area contributed by atoms with Gasteiger partial charge in [0.05, 0.1) is 0 Å². The number of likely N-dealkylation sites (tertiary alicyclic amines) is 1. The first-order valence-electron chi connectivity index (χ1n) is 7.26. The highest BCUT2D eigenvalue weighted by molar-refractivity contribution is 5.75. The third-order valence-corrected chi connectivity index (χ3v) is 4.14. The first-order chi connectivity index (χ1) is 9.17. The molecule has 1 saturated heterocycles. The Kier molecular flexibility index (Phi) is 4.46. The summed E-state index contributed by atoms with van der Waals surface area (Å²) in [5.74, 6) is 1.00.